The van der Waals surface area contributed by atoms with Crippen molar-refractivity contribution in [3.05, 3.63) is 52.9 Å². The summed E-state index contributed by atoms with van der Waals surface area (Å²) in [5, 5.41) is 0.424. The van der Waals surface area contributed by atoms with Crippen molar-refractivity contribution in [1.29, 1.82) is 0 Å². The summed E-state index contributed by atoms with van der Waals surface area (Å²) in [4.78, 5) is 9.01. The lowest BCUT2D eigenvalue weighted by Gasteiger charge is -2.14. The summed E-state index contributed by atoms with van der Waals surface area (Å²) in [6.45, 7) is 3.91. The van der Waals surface area contributed by atoms with Gasteiger partial charge in [-0.25, -0.2) is 9.97 Å². The second-order valence-corrected chi connectivity index (χ2v) is 5.73. The van der Waals surface area contributed by atoms with Crippen molar-refractivity contribution < 1.29 is 0 Å². The van der Waals surface area contributed by atoms with Gasteiger partial charge in [-0.3, -0.25) is 4.57 Å². The van der Waals surface area contributed by atoms with Gasteiger partial charge in [-0.05, 0) is 37.6 Å². The molecular formula is C15H13Cl2N3. The third kappa shape index (κ3) is 2.07. The Bertz CT molecular complexity index is 758. The van der Waals surface area contributed by atoms with Gasteiger partial charge in [-0.15, -0.1) is 11.6 Å². The third-order valence-electron chi connectivity index (χ3n) is 3.21. The largest absolute Gasteiger partial charge is 0.278 e. The molecule has 0 aliphatic carbocycles. The van der Waals surface area contributed by atoms with E-state index in [1.165, 1.54) is 0 Å². The van der Waals surface area contributed by atoms with Gasteiger partial charge in [0.15, 0.2) is 5.65 Å². The lowest BCUT2D eigenvalue weighted by atomic mass is 10.2. The molecule has 2 heterocycles. The Balaban J connectivity index is 2.43. The van der Waals surface area contributed by atoms with Crippen molar-refractivity contribution in [3.63, 3.8) is 0 Å². The number of rotatable bonds is 2. The standard InChI is InChI=1S/C15H13Cl2N3/c1-9-5-3-6-11(17)13(9)20-14(10(2)16)19-12-7-4-8-18-15(12)20/h3-8,10H,1-2H3. The Morgan fingerprint density at radius 2 is 2.00 bits per heavy atom. The highest BCUT2D eigenvalue weighted by molar-refractivity contribution is 6.32. The van der Waals surface area contributed by atoms with Crippen LogP contribution >= 0.6 is 23.2 Å². The van der Waals surface area contributed by atoms with Crippen LogP contribution in [0, 0.1) is 6.92 Å². The van der Waals surface area contributed by atoms with E-state index >= 15 is 0 Å². The summed E-state index contributed by atoms with van der Waals surface area (Å²) in [5.74, 6) is 0.747. The monoisotopic (exact) mass is 305 g/mol. The lowest BCUT2D eigenvalue weighted by molar-refractivity contribution is 0.873. The fourth-order valence-electron chi connectivity index (χ4n) is 2.32. The van der Waals surface area contributed by atoms with Crippen molar-refractivity contribution in [2.24, 2.45) is 0 Å². The number of pyridine rings is 1. The van der Waals surface area contributed by atoms with Gasteiger partial charge in [0, 0.05) is 6.20 Å². The SMILES string of the molecule is Cc1cccc(Cl)c1-n1c(C(C)Cl)nc2cccnc21. The molecule has 102 valence electrons. The Kier molecular flexibility index (Phi) is 3.40. The molecule has 0 fully saturated rings. The molecule has 1 unspecified atom stereocenters. The van der Waals surface area contributed by atoms with Crippen molar-refractivity contribution >= 4 is 34.4 Å². The molecule has 3 nitrogen and oxygen atoms in total. The Hall–Kier alpha value is -1.58. The van der Waals surface area contributed by atoms with Crippen molar-refractivity contribution in [1.82, 2.24) is 14.5 Å². The third-order valence-corrected chi connectivity index (χ3v) is 3.71. The van der Waals surface area contributed by atoms with Crippen LogP contribution in [0.3, 0.4) is 0 Å². The highest BCUT2D eigenvalue weighted by Crippen LogP contribution is 2.32. The van der Waals surface area contributed by atoms with Crippen molar-refractivity contribution in [2.45, 2.75) is 19.2 Å². The number of halogens is 2. The highest BCUT2D eigenvalue weighted by Gasteiger charge is 2.19. The van der Waals surface area contributed by atoms with E-state index in [0.717, 1.165) is 28.2 Å². The van der Waals surface area contributed by atoms with Gasteiger partial charge >= 0.3 is 0 Å². The molecule has 0 bridgehead atoms. The minimum Gasteiger partial charge on any atom is -0.278 e. The summed E-state index contributed by atoms with van der Waals surface area (Å²) in [6, 6.07) is 9.59. The van der Waals surface area contributed by atoms with Crippen LogP contribution in [-0.2, 0) is 0 Å². The highest BCUT2D eigenvalue weighted by atomic mass is 35.5. The maximum atomic E-state index is 6.38. The van der Waals surface area contributed by atoms with Gasteiger partial charge in [0.2, 0.25) is 0 Å². The first-order valence-corrected chi connectivity index (χ1v) is 7.14. The number of nitrogens with zero attached hydrogens (tertiary/aromatic N) is 3. The molecule has 1 atom stereocenters. The number of aryl methyl sites for hydroxylation is 1. The zero-order valence-corrected chi connectivity index (χ0v) is 12.7. The van der Waals surface area contributed by atoms with Crippen LogP contribution in [0.5, 0.6) is 0 Å². The Labute approximate surface area is 127 Å². The molecule has 0 aliphatic rings. The predicted octanol–water partition coefficient (Wildman–Crippen LogP) is 4.68. The molecule has 0 saturated carbocycles. The van der Waals surface area contributed by atoms with Crippen LogP contribution in [0.25, 0.3) is 16.9 Å². The van der Waals surface area contributed by atoms with Gasteiger partial charge in [0.1, 0.15) is 11.3 Å². The molecule has 0 amide bonds. The van der Waals surface area contributed by atoms with E-state index < -0.39 is 0 Å². The van der Waals surface area contributed by atoms with Gasteiger partial charge in [0.05, 0.1) is 16.1 Å². The number of para-hydroxylation sites is 1. The van der Waals surface area contributed by atoms with Crippen LogP contribution in [0.15, 0.2) is 36.5 Å². The molecule has 0 spiro atoms. The number of fused-ring (bicyclic) bond motifs is 1. The quantitative estimate of drug-likeness (QED) is 0.643. The van der Waals surface area contributed by atoms with Crippen LogP contribution in [-0.4, -0.2) is 14.5 Å². The topological polar surface area (TPSA) is 30.7 Å². The smallest absolute Gasteiger partial charge is 0.164 e. The van der Waals surface area contributed by atoms with Crippen LogP contribution < -0.4 is 0 Å². The number of imidazole rings is 1. The summed E-state index contributed by atoms with van der Waals surface area (Å²) in [7, 11) is 0. The maximum absolute atomic E-state index is 6.38. The molecule has 0 aliphatic heterocycles. The second kappa shape index (κ2) is 5.08. The van der Waals surface area contributed by atoms with Crippen LogP contribution in [0.4, 0.5) is 0 Å². The first-order chi connectivity index (χ1) is 9.59. The molecule has 5 heteroatoms. The minimum atomic E-state index is -0.236. The molecule has 2 aromatic heterocycles. The zero-order chi connectivity index (χ0) is 14.3. The summed E-state index contributed by atoms with van der Waals surface area (Å²) in [6.07, 6.45) is 1.75. The van der Waals surface area contributed by atoms with Crippen LogP contribution in [0.1, 0.15) is 23.7 Å². The molecule has 20 heavy (non-hydrogen) atoms. The number of aromatic nitrogens is 3. The second-order valence-electron chi connectivity index (χ2n) is 4.67. The summed E-state index contributed by atoms with van der Waals surface area (Å²) >= 11 is 12.7. The van der Waals surface area contributed by atoms with Gasteiger partial charge in [-0.2, -0.15) is 0 Å². The van der Waals surface area contributed by atoms with E-state index in [9.17, 15) is 0 Å². The van der Waals surface area contributed by atoms with E-state index in [0.29, 0.717) is 5.02 Å². The fraction of sp³-hybridized carbons (Fsp3) is 0.200. The average molecular weight is 306 g/mol. The lowest BCUT2D eigenvalue weighted by Crippen LogP contribution is -2.05. The van der Waals surface area contributed by atoms with Crippen LogP contribution in [0.2, 0.25) is 5.02 Å². The first-order valence-electron chi connectivity index (χ1n) is 6.32. The first kappa shape index (κ1) is 13.4. The van der Waals surface area contributed by atoms with Crippen molar-refractivity contribution in [2.75, 3.05) is 0 Å². The number of hydrogen-bond acceptors (Lipinski definition) is 2. The zero-order valence-electron chi connectivity index (χ0n) is 11.1. The fourth-order valence-corrected chi connectivity index (χ4v) is 2.78. The number of benzene rings is 1. The molecule has 1 aromatic carbocycles. The molecule has 0 radical (unpaired) electrons. The van der Waals surface area contributed by atoms with E-state index in [-0.39, 0.29) is 5.38 Å². The number of alkyl halides is 1. The van der Waals surface area contributed by atoms with E-state index in [2.05, 4.69) is 9.97 Å². The van der Waals surface area contributed by atoms with E-state index in [1.807, 2.05) is 48.7 Å². The predicted molar refractivity (Wildman–Crippen MR) is 82.9 cm³/mol. The van der Waals surface area contributed by atoms with Gasteiger partial charge < -0.3 is 0 Å². The Morgan fingerprint density at radius 1 is 1.20 bits per heavy atom. The van der Waals surface area contributed by atoms with Gasteiger partial charge in [0.25, 0.3) is 0 Å². The molecule has 3 rings (SSSR count). The van der Waals surface area contributed by atoms with Gasteiger partial charge in [-0.1, -0.05) is 23.7 Å². The molecule has 0 saturated heterocycles. The summed E-state index contributed by atoms with van der Waals surface area (Å²) < 4.78 is 1.95. The number of hydrogen-bond donors (Lipinski definition) is 0. The molecule has 3 aromatic rings. The van der Waals surface area contributed by atoms with E-state index in [1.54, 1.807) is 6.20 Å². The molecular weight excluding hydrogens is 293 g/mol. The van der Waals surface area contributed by atoms with E-state index in [4.69, 9.17) is 23.2 Å². The summed E-state index contributed by atoms with van der Waals surface area (Å²) in [5.41, 5.74) is 3.53. The average Bonchev–Trinajstić information content (AvgIpc) is 2.78. The minimum absolute atomic E-state index is 0.236. The normalized spacial score (nSPS) is 12.8. The van der Waals surface area contributed by atoms with Crippen molar-refractivity contribution in [3.8, 4) is 5.69 Å². The maximum Gasteiger partial charge on any atom is 0.164 e. The Morgan fingerprint density at radius 3 is 2.70 bits per heavy atom. The molecule has 0 N–H and O–H groups in total.